The van der Waals surface area contributed by atoms with Crippen LogP contribution in [0.25, 0.3) is 16.5 Å². The first-order chi connectivity index (χ1) is 11.6. The second-order valence-electron chi connectivity index (χ2n) is 4.92. The zero-order valence-corrected chi connectivity index (χ0v) is 13.8. The fourth-order valence-corrected chi connectivity index (χ4v) is 2.33. The van der Waals surface area contributed by atoms with E-state index in [0.717, 1.165) is 5.57 Å². The maximum atomic E-state index is 12.4. The second-order valence-corrected chi connectivity index (χ2v) is 4.92. The number of ether oxygens (including phenoxy) is 1. The summed E-state index contributed by atoms with van der Waals surface area (Å²) in [7, 11) is 1.50. The number of allylic oxidation sites excluding steroid dienone is 7. The van der Waals surface area contributed by atoms with Gasteiger partial charge in [-0.15, -0.1) is 0 Å². The Morgan fingerprint density at radius 1 is 1.29 bits per heavy atom. The van der Waals surface area contributed by atoms with Crippen molar-refractivity contribution in [2.24, 2.45) is 0 Å². The van der Waals surface area contributed by atoms with E-state index in [1.165, 1.54) is 7.11 Å². The number of fused-ring (bicyclic) bond motifs is 1. The van der Waals surface area contributed by atoms with Crippen LogP contribution in [-0.2, 0) is 0 Å². The molecule has 0 aliphatic carbocycles. The Labute approximate surface area is 140 Å². The summed E-state index contributed by atoms with van der Waals surface area (Å²) in [6.45, 7) is 13.4. The van der Waals surface area contributed by atoms with Crippen LogP contribution in [-0.4, -0.2) is 12.1 Å². The smallest absolute Gasteiger partial charge is 0.350 e. The molecular weight excluding hydrogens is 302 g/mol. The highest BCUT2D eigenvalue weighted by atomic mass is 16.5. The predicted molar refractivity (Wildman–Crippen MR) is 98.1 cm³/mol. The third-order valence-electron chi connectivity index (χ3n) is 3.49. The van der Waals surface area contributed by atoms with Crippen LogP contribution in [0.15, 0.2) is 82.6 Å². The van der Waals surface area contributed by atoms with Gasteiger partial charge in [-0.05, 0) is 30.2 Å². The van der Waals surface area contributed by atoms with Crippen molar-refractivity contribution in [3.63, 3.8) is 0 Å². The zero-order valence-electron chi connectivity index (χ0n) is 13.8. The number of hydrogen-bond donors (Lipinski definition) is 0. The van der Waals surface area contributed by atoms with Crippen LogP contribution in [0.3, 0.4) is 0 Å². The van der Waals surface area contributed by atoms with Gasteiger partial charge in [0.2, 0.25) is 5.89 Å². The molecule has 0 saturated carbocycles. The number of hydrogen-bond acceptors (Lipinski definition) is 4. The summed E-state index contributed by atoms with van der Waals surface area (Å²) in [5.74, 6) is 0.598. The van der Waals surface area contributed by atoms with Gasteiger partial charge < -0.3 is 9.15 Å². The number of rotatable bonds is 6. The molecule has 2 rings (SSSR count). The lowest BCUT2D eigenvalue weighted by Crippen LogP contribution is -2.07. The molecule has 0 unspecified atom stereocenters. The molecule has 0 spiro atoms. The molecule has 0 N–H and O–H groups in total. The lowest BCUT2D eigenvalue weighted by Gasteiger charge is -2.09. The number of aromatic nitrogens is 1. The summed E-state index contributed by atoms with van der Waals surface area (Å²) in [4.78, 5) is 16.9. The molecule has 0 fully saturated rings. The highest BCUT2D eigenvalue weighted by Gasteiger charge is 2.15. The molecule has 0 atom stereocenters. The Hall–Kier alpha value is -3.14. The molecule has 1 heterocycles. The van der Waals surface area contributed by atoms with Gasteiger partial charge in [-0.1, -0.05) is 50.1 Å². The van der Waals surface area contributed by atoms with Gasteiger partial charge in [0.15, 0.2) is 0 Å². The van der Waals surface area contributed by atoms with Crippen LogP contribution in [0.4, 0.5) is 0 Å². The van der Waals surface area contributed by atoms with E-state index in [1.54, 1.807) is 30.4 Å². The summed E-state index contributed by atoms with van der Waals surface area (Å²) in [6.07, 6.45) is 6.91. The molecule has 1 aromatic carbocycles. The molecule has 2 aromatic rings. The van der Waals surface area contributed by atoms with Crippen molar-refractivity contribution in [1.29, 1.82) is 0 Å². The molecule has 0 amide bonds. The third kappa shape index (κ3) is 3.13. The average Bonchev–Trinajstić information content (AvgIpc) is 2.60. The topological polar surface area (TPSA) is 52.3 Å². The van der Waals surface area contributed by atoms with E-state index >= 15 is 0 Å². The van der Waals surface area contributed by atoms with Crippen LogP contribution >= 0.6 is 0 Å². The second kappa shape index (κ2) is 7.42. The van der Waals surface area contributed by atoms with Crippen molar-refractivity contribution in [3.8, 4) is 5.75 Å². The molecule has 0 radical (unpaired) electrons. The molecule has 122 valence electrons. The van der Waals surface area contributed by atoms with E-state index in [1.807, 2.05) is 19.1 Å². The maximum Gasteiger partial charge on any atom is 0.350 e. The fourth-order valence-electron chi connectivity index (χ4n) is 2.33. The quantitative estimate of drug-likeness (QED) is 0.737. The lowest BCUT2D eigenvalue weighted by atomic mass is 10.00. The number of benzene rings is 1. The molecule has 4 heteroatoms. The van der Waals surface area contributed by atoms with Gasteiger partial charge in [0.05, 0.1) is 12.6 Å². The summed E-state index contributed by atoms with van der Waals surface area (Å²) in [5.41, 5.74) is 1.96. The first kappa shape index (κ1) is 17.2. The Kier molecular flexibility index (Phi) is 5.32. The van der Waals surface area contributed by atoms with E-state index in [4.69, 9.17) is 9.15 Å². The minimum absolute atomic E-state index is 0.173. The molecule has 0 bridgehead atoms. The predicted octanol–water partition coefficient (Wildman–Crippen LogP) is 4.45. The molecule has 0 saturated heterocycles. The Morgan fingerprint density at radius 3 is 2.62 bits per heavy atom. The van der Waals surface area contributed by atoms with Crippen molar-refractivity contribution in [2.75, 3.05) is 7.11 Å². The van der Waals surface area contributed by atoms with Gasteiger partial charge in [0, 0.05) is 5.57 Å². The SMILES string of the molecule is C=CC(=C)C(/C=C\C)=C(\C=C)c1nc2cccc(OC)c2c(=O)o1. The highest BCUT2D eigenvalue weighted by Crippen LogP contribution is 2.27. The van der Waals surface area contributed by atoms with Crippen molar-refractivity contribution >= 4 is 16.5 Å². The molecule has 0 aliphatic rings. The lowest BCUT2D eigenvalue weighted by molar-refractivity contribution is 0.415. The fraction of sp³-hybridized carbons (Fsp3) is 0.100. The minimum Gasteiger partial charge on any atom is -0.496 e. The van der Waals surface area contributed by atoms with E-state index in [-0.39, 0.29) is 5.89 Å². The van der Waals surface area contributed by atoms with Gasteiger partial charge in [-0.3, -0.25) is 0 Å². The Balaban J connectivity index is 2.83. The van der Waals surface area contributed by atoms with Gasteiger partial charge in [-0.25, -0.2) is 9.78 Å². The average molecular weight is 321 g/mol. The van der Waals surface area contributed by atoms with Crippen LogP contribution < -0.4 is 10.4 Å². The molecular formula is C20H19NO3. The molecule has 4 nitrogen and oxygen atoms in total. The van der Waals surface area contributed by atoms with Crippen molar-refractivity contribution in [3.05, 3.63) is 89.7 Å². The summed E-state index contributed by atoms with van der Waals surface area (Å²) in [5, 5.41) is 0.308. The minimum atomic E-state index is -0.518. The molecule has 1 aromatic heterocycles. The van der Waals surface area contributed by atoms with Crippen LogP contribution in [0.1, 0.15) is 12.8 Å². The van der Waals surface area contributed by atoms with Gasteiger partial charge in [0.1, 0.15) is 11.1 Å². The zero-order chi connectivity index (χ0) is 17.7. The first-order valence-corrected chi connectivity index (χ1v) is 7.36. The van der Waals surface area contributed by atoms with Crippen LogP contribution in [0.5, 0.6) is 5.75 Å². The largest absolute Gasteiger partial charge is 0.496 e. The van der Waals surface area contributed by atoms with E-state index in [9.17, 15) is 4.79 Å². The van der Waals surface area contributed by atoms with Crippen molar-refractivity contribution in [1.82, 2.24) is 4.98 Å². The Morgan fingerprint density at radius 2 is 2.04 bits per heavy atom. The summed E-state index contributed by atoms with van der Waals surface area (Å²) in [6, 6.07) is 5.19. The van der Waals surface area contributed by atoms with Gasteiger partial charge in [0.25, 0.3) is 0 Å². The highest BCUT2D eigenvalue weighted by molar-refractivity contribution is 5.86. The van der Waals surface area contributed by atoms with Gasteiger partial charge >= 0.3 is 5.63 Å². The summed E-state index contributed by atoms with van der Waals surface area (Å²) < 4.78 is 10.6. The van der Waals surface area contributed by atoms with E-state index < -0.39 is 5.63 Å². The monoisotopic (exact) mass is 321 g/mol. The first-order valence-electron chi connectivity index (χ1n) is 7.36. The summed E-state index contributed by atoms with van der Waals surface area (Å²) >= 11 is 0. The van der Waals surface area contributed by atoms with Gasteiger partial charge in [-0.2, -0.15) is 0 Å². The van der Waals surface area contributed by atoms with E-state index in [0.29, 0.717) is 27.8 Å². The van der Waals surface area contributed by atoms with Crippen molar-refractivity contribution in [2.45, 2.75) is 6.92 Å². The van der Waals surface area contributed by atoms with Crippen molar-refractivity contribution < 1.29 is 9.15 Å². The molecule has 0 aliphatic heterocycles. The number of methoxy groups -OCH3 is 1. The molecule has 24 heavy (non-hydrogen) atoms. The van der Waals surface area contributed by atoms with Crippen LogP contribution in [0.2, 0.25) is 0 Å². The maximum absolute atomic E-state index is 12.4. The number of nitrogens with zero attached hydrogens (tertiary/aromatic N) is 1. The van der Waals surface area contributed by atoms with E-state index in [2.05, 4.69) is 24.7 Å². The normalized spacial score (nSPS) is 12.1. The Bertz CT molecular complexity index is 930. The van der Waals surface area contributed by atoms with Crippen LogP contribution in [0, 0.1) is 0 Å². The third-order valence-corrected chi connectivity index (χ3v) is 3.49. The standard InChI is InChI=1S/C20H19NO3/c1-6-10-15(13(4)7-2)14(8-3)19-21-16-11-9-12-17(23-5)18(16)20(22)24-19/h6-12H,2-4H2,1,5H3/b10-6-,15-14+.